The Hall–Kier alpha value is -1.16. The molecule has 1 rings (SSSR count). The molecule has 0 radical (unpaired) electrons. The van der Waals surface area contributed by atoms with Gasteiger partial charge in [-0.25, -0.2) is 8.78 Å². The highest BCUT2D eigenvalue weighted by atomic mass is 19.3. The Bertz CT molecular complexity index is 300. The summed E-state index contributed by atoms with van der Waals surface area (Å²) in [7, 11) is 1.35. The third kappa shape index (κ3) is 2.20. The summed E-state index contributed by atoms with van der Waals surface area (Å²) in [6, 6.07) is 4.69. The van der Waals surface area contributed by atoms with Crippen molar-refractivity contribution in [3.63, 3.8) is 0 Å². The Morgan fingerprint density at radius 3 is 2.64 bits per heavy atom. The van der Waals surface area contributed by atoms with Gasteiger partial charge in [-0.1, -0.05) is 12.1 Å². The van der Waals surface area contributed by atoms with Crippen LogP contribution in [0.25, 0.3) is 0 Å². The van der Waals surface area contributed by atoms with Gasteiger partial charge in [0.05, 0.1) is 12.7 Å². The van der Waals surface area contributed by atoms with Crippen molar-refractivity contribution in [3.05, 3.63) is 29.3 Å². The number of benzene rings is 1. The van der Waals surface area contributed by atoms with Crippen molar-refractivity contribution in [2.24, 2.45) is 0 Å². The van der Waals surface area contributed by atoms with Gasteiger partial charge in [-0.2, -0.15) is 0 Å². The Morgan fingerprint density at radius 1 is 1.43 bits per heavy atom. The molecule has 2 nitrogen and oxygen atoms in total. The van der Waals surface area contributed by atoms with Crippen LogP contribution in [0.4, 0.5) is 8.78 Å². The smallest absolute Gasteiger partial charge is 0.267 e. The van der Waals surface area contributed by atoms with E-state index >= 15 is 0 Å². The van der Waals surface area contributed by atoms with Gasteiger partial charge >= 0.3 is 0 Å². The topological polar surface area (TPSA) is 29.5 Å². The van der Waals surface area contributed by atoms with Crippen LogP contribution in [0, 0.1) is 0 Å². The van der Waals surface area contributed by atoms with Crippen LogP contribution >= 0.6 is 0 Å². The van der Waals surface area contributed by atoms with Gasteiger partial charge in [-0.15, -0.1) is 0 Å². The summed E-state index contributed by atoms with van der Waals surface area (Å²) in [6.07, 6.45) is -2.36. The van der Waals surface area contributed by atoms with Crippen LogP contribution in [-0.2, 0) is 6.42 Å². The highest BCUT2D eigenvalue weighted by Crippen LogP contribution is 2.32. The third-order valence-corrected chi connectivity index (χ3v) is 1.98. The van der Waals surface area contributed by atoms with E-state index in [0.29, 0.717) is 5.56 Å². The van der Waals surface area contributed by atoms with Gasteiger partial charge in [0.2, 0.25) is 0 Å². The molecule has 0 aromatic heterocycles. The van der Waals surface area contributed by atoms with Crippen molar-refractivity contribution in [3.8, 4) is 5.75 Å². The summed E-state index contributed by atoms with van der Waals surface area (Å²) in [5.74, 6) is 0.172. The monoisotopic (exact) mass is 202 g/mol. The molecule has 0 atom stereocenters. The molecule has 14 heavy (non-hydrogen) atoms. The quantitative estimate of drug-likeness (QED) is 0.810. The standard InChI is InChI=1S/C10H12F2O2/c1-14-8-4-2-3-7(5-6-13)9(8)10(11)12/h2-4,10,13H,5-6H2,1H3. The van der Waals surface area contributed by atoms with Gasteiger partial charge < -0.3 is 9.84 Å². The minimum atomic E-state index is -2.58. The van der Waals surface area contributed by atoms with Gasteiger partial charge in [0.1, 0.15) is 5.75 Å². The molecule has 0 unspecified atom stereocenters. The van der Waals surface area contributed by atoms with Crippen LogP contribution in [-0.4, -0.2) is 18.8 Å². The maximum Gasteiger partial charge on any atom is 0.267 e. The van der Waals surface area contributed by atoms with E-state index in [-0.39, 0.29) is 24.3 Å². The van der Waals surface area contributed by atoms with E-state index in [4.69, 9.17) is 9.84 Å². The van der Waals surface area contributed by atoms with E-state index in [1.165, 1.54) is 13.2 Å². The molecule has 1 aromatic carbocycles. The van der Waals surface area contributed by atoms with Gasteiger partial charge in [0.25, 0.3) is 6.43 Å². The van der Waals surface area contributed by atoms with Crippen LogP contribution in [0.1, 0.15) is 17.6 Å². The van der Waals surface area contributed by atoms with Crippen LogP contribution in [0.2, 0.25) is 0 Å². The number of alkyl halides is 2. The SMILES string of the molecule is COc1cccc(CCO)c1C(F)F. The molecule has 0 aliphatic rings. The number of rotatable bonds is 4. The van der Waals surface area contributed by atoms with Crippen molar-refractivity contribution < 1.29 is 18.6 Å². The second-order valence-corrected chi connectivity index (χ2v) is 2.81. The Labute approximate surface area is 81.1 Å². The van der Waals surface area contributed by atoms with E-state index in [9.17, 15) is 8.78 Å². The van der Waals surface area contributed by atoms with Gasteiger partial charge in [-0.3, -0.25) is 0 Å². The van der Waals surface area contributed by atoms with Crippen molar-refractivity contribution in [2.75, 3.05) is 13.7 Å². The highest BCUT2D eigenvalue weighted by molar-refractivity contribution is 5.41. The lowest BCUT2D eigenvalue weighted by atomic mass is 10.0. The number of hydrogen-bond donors (Lipinski definition) is 1. The molecule has 0 heterocycles. The van der Waals surface area contributed by atoms with Crippen LogP contribution in [0.5, 0.6) is 5.75 Å². The zero-order valence-corrected chi connectivity index (χ0v) is 7.84. The summed E-state index contributed by atoms with van der Waals surface area (Å²) in [4.78, 5) is 0. The van der Waals surface area contributed by atoms with Crippen LogP contribution in [0.15, 0.2) is 18.2 Å². The molecule has 4 heteroatoms. The minimum Gasteiger partial charge on any atom is -0.496 e. The Balaban J connectivity index is 3.14. The molecule has 0 aliphatic heterocycles. The zero-order valence-electron chi connectivity index (χ0n) is 7.84. The average molecular weight is 202 g/mol. The fraction of sp³-hybridized carbons (Fsp3) is 0.400. The fourth-order valence-corrected chi connectivity index (χ4v) is 1.35. The van der Waals surface area contributed by atoms with Crippen LogP contribution < -0.4 is 4.74 Å². The normalized spacial score (nSPS) is 10.6. The first-order chi connectivity index (χ1) is 6.70. The van der Waals surface area contributed by atoms with E-state index in [0.717, 1.165) is 0 Å². The Kier molecular flexibility index (Phi) is 3.83. The number of aliphatic hydroxyl groups excluding tert-OH is 1. The Morgan fingerprint density at radius 2 is 2.14 bits per heavy atom. The van der Waals surface area contributed by atoms with Gasteiger partial charge in [0, 0.05) is 6.61 Å². The molecule has 0 fully saturated rings. The summed E-state index contributed by atoms with van der Waals surface area (Å²) in [5.41, 5.74) is 0.311. The first-order valence-corrected chi connectivity index (χ1v) is 4.25. The van der Waals surface area contributed by atoms with E-state index in [2.05, 4.69) is 0 Å². The van der Waals surface area contributed by atoms with Crippen LogP contribution in [0.3, 0.4) is 0 Å². The summed E-state index contributed by atoms with van der Waals surface area (Å²) < 4.78 is 30.1. The van der Waals surface area contributed by atoms with Gasteiger partial charge in [-0.05, 0) is 18.1 Å². The molecule has 1 N–H and O–H groups in total. The number of aliphatic hydroxyl groups is 1. The molecule has 0 spiro atoms. The number of ether oxygens (including phenoxy) is 1. The number of halogens is 2. The fourth-order valence-electron chi connectivity index (χ4n) is 1.35. The van der Waals surface area contributed by atoms with E-state index < -0.39 is 6.43 Å². The predicted octanol–water partition coefficient (Wildman–Crippen LogP) is 2.17. The third-order valence-electron chi connectivity index (χ3n) is 1.98. The van der Waals surface area contributed by atoms with Crippen molar-refractivity contribution >= 4 is 0 Å². The molecule has 0 saturated heterocycles. The summed E-state index contributed by atoms with van der Waals surface area (Å²) in [6.45, 7) is -0.146. The zero-order chi connectivity index (χ0) is 10.6. The molecule has 0 bridgehead atoms. The molecule has 0 saturated carbocycles. The van der Waals surface area contributed by atoms with Crippen molar-refractivity contribution in [1.29, 1.82) is 0 Å². The predicted molar refractivity (Wildman–Crippen MR) is 48.7 cm³/mol. The molecular formula is C10H12F2O2. The lowest BCUT2D eigenvalue weighted by molar-refractivity contribution is 0.145. The van der Waals surface area contributed by atoms with E-state index in [1.54, 1.807) is 12.1 Å². The second-order valence-electron chi connectivity index (χ2n) is 2.81. The summed E-state index contributed by atoms with van der Waals surface area (Å²) >= 11 is 0. The molecular weight excluding hydrogens is 190 g/mol. The molecule has 0 amide bonds. The minimum absolute atomic E-state index is 0.121. The van der Waals surface area contributed by atoms with Gasteiger partial charge in [0.15, 0.2) is 0 Å². The maximum atomic E-state index is 12.6. The first-order valence-electron chi connectivity index (χ1n) is 4.25. The maximum absolute atomic E-state index is 12.6. The molecule has 1 aromatic rings. The summed E-state index contributed by atoms with van der Waals surface area (Å²) in [5, 5.41) is 8.70. The lowest BCUT2D eigenvalue weighted by Gasteiger charge is -2.12. The van der Waals surface area contributed by atoms with Crippen molar-refractivity contribution in [2.45, 2.75) is 12.8 Å². The molecule has 0 aliphatic carbocycles. The average Bonchev–Trinajstić information content (AvgIpc) is 2.17. The first kappa shape index (κ1) is 10.9. The van der Waals surface area contributed by atoms with Crippen molar-refractivity contribution in [1.82, 2.24) is 0 Å². The largest absolute Gasteiger partial charge is 0.496 e. The lowest BCUT2D eigenvalue weighted by Crippen LogP contribution is -2.01. The number of methoxy groups -OCH3 is 1. The van der Waals surface area contributed by atoms with E-state index in [1.807, 2.05) is 0 Å². The highest BCUT2D eigenvalue weighted by Gasteiger charge is 2.17. The molecule has 78 valence electrons. The second kappa shape index (κ2) is 4.91. The number of hydrogen-bond acceptors (Lipinski definition) is 2.